The summed E-state index contributed by atoms with van der Waals surface area (Å²) in [6.07, 6.45) is 3.67. The number of hydrogen-bond donors (Lipinski definition) is 0. The Balaban J connectivity index is 2.65. The van der Waals surface area contributed by atoms with Crippen LogP contribution in [-0.2, 0) is 14.3 Å². The van der Waals surface area contributed by atoms with Gasteiger partial charge in [-0.2, -0.15) is 0 Å². The molecular weight excluding hydrogens is 168 g/mol. The van der Waals surface area contributed by atoms with Crippen LogP contribution in [0.3, 0.4) is 0 Å². The first-order valence-electron chi connectivity index (χ1n) is 4.78. The lowest BCUT2D eigenvalue weighted by Crippen LogP contribution is -2.44. The second kappa shape index (κ2) is 4.09. The van der Waals surface area contributed by atoms with Gasteiger partial charge in [0.15, 0.2) is 5.60 Å². The SMILES string of the molecule is COC(=O)C1(OC)CCC(C)CC1. The van der Waals surface area contributed by atoms with E-state index in [2.05, 4.69) is 6.92 Å². The predicted molar refractivity (Wildman–Crippen MR) is 49.4 cm³/mol. The number of carbonyl (C=O) groups is 1. The molecule has 1 rings (SSSR count). The van der Waals surface area contributed by atoms with Crippen LogP contribution in [0.2, 0.25) is 0 Å². The van der Waals surface area contributed by atoms with Crippen LogP contribution in [-0.4, -0.2) is 25.8 Å². The largest absolute Gasteiger partial charge is 0.467 e. The fourth-order valence-electron chi connectivity index (χ4n) is 1.91. The zero-order valence-corrected chi connectivity index (χ0v) is 8.63. The minimum atomic E-state index is -0.652. The van der Waals surface area contributed by atoms with Crippen LogP contribution in [0, 0.1) is 5.92 Å². The maximum Gasteiger partial charge on any atom is 0.338 e. The van der Waals surface area contributed by atoms with Crippen LogP contribution >= 0.6 is 0 Å². The van der Waals surface area contributed by atoms with Crippen molar-refractivity contribution in [1.82, 2.24) is 0 Å². The Hall–Kier alpha value is -0.570. The Morgan fingerprint density at radius 3 is 2.23 bits per heavy atom. The lowest BCUT2D eigenvalue weighted by molar-refractivity contribution is -0.171. The molecule has 0 aromatic carbocycles. The molecule has 0 amide bonds. The molecule has 1 aliphatic rings. The van der Waals surface area contributed by atoms with Gasteiger partial charge in [-0.05, 0) is 31.6 Å². The molecule has 0 saturated heterocycles. The van der Waals surface area contributed by atoms with Gasteiger partial charge < -0.3 is 9.47 Å². The van der Waals surface area contributed by atoms with E-state index in [1.807, 2.05) is 0 Å². The van der Waals surface area contributed by atoms with Crippen molar-refractivity contribution in [3.05, 3.63) is 0 Å². The highest BCUT2D eigenvalue weighted by Gasteiger charge is 2.42. The van der Waals surface area contributed by atoms with Gasteiger partial charge in [0.05, 0.1) is 7.11 Å². The standard InChI is InChI=1S/C10H18O3/c1-8-4-6-10(13-3,7-5-8)9(11)12-2/h8H,4-7H2,1-3H3. The van der Waals surface area contributed by atoms with E-state index < -0.39 is 5.60 Å². The van der Waals surface area contributed by atoms with E-state index in [9.17, 15) is 4.79 Å². The predicted octanol–water partition coefficient (Wildman–Crippen LogP) is 1.75. The number of hydrogen-bond acceptors (Lipinski definition) is 3. The average molecular weight is 186 g/mol. The summed E-state index contributed by atoms with van der Waals surface area (Å²) in [7, 11) is 3.01. The number of carbonyl (C=O) groups excluding carboxylic acids is 1. The molecule has 1 aliphatic carbocycles. The van der Waals surface area contributed by atoms with Gasteiger partial charge in [-0.3, -0.25) is 0 Å². The first-order chi connectivity index (χ1) is 6.14. The number of methoxy groups -OCH3 is 2. The third kappa shape index (κ3) is 2.02. The van der Waals surface area contributed by atoms with E-state index in [0.717, 1.165) is 25.7 Å². The first-order valence-corrected chi connectivity index (χ1v) is 4.78. The molecule has 13 heavy (non-hydrogen) atoms. The van der Waals surface area contributed by atoms with Gasteiger partial charge in [0.1, 0.15) is 0 Å². The van der Waals surface area contributed by atoms with Crippen molar-refractivity contribution in [1.29, 1.82) is 0 Å². The molecule has 0 heterocycles. The van der Waals surface area contributed by atoms with Crippen molar-refractivity contribution >= 4 is 5.97 Å². The second-order valence-corrected chi connectivity index (χ2v) is 3.87. The molecule has 0 aliphatic heterocycles. The van der Waals surface area contributed by atoms with E-state index in [1.54, 1.807) is 7.11 Å². The Morgan fingerprint density at radius 2 is 1.85 bits per heavy atom. The number of ether oxygens (including phenoxy) is 2. The lowest BCUT2D eigenvalue weighted by Gasteiger charge is -2.35. The van der Waals surface area contributed by atoms with Gasteiger partial charge in [0.25, 0.3) is 0 Å². The van der Waals surface area contributed by atoms with Crippen LogP contribution < -0.4 is 0 Å². The van der Waals surface area contributed by atoms with Crippen LogP contribution in [0.4, 0.5) is 0 Å². The minimum absolute atomic E-state index is 0.220. The van der Waals surface area contributed by atoms with E-state index >= 15 is 0 Å². The summed E-state index contributed by atoms with van der Waals surface area (Å²) in [5.74, 6) is 0.481. The van der Waals surface area contributed by atoms with E-state index in [-0.39, 0.29) is 5.97 Å². The average Bonchev–Trinajstić information content (AvgIpc) is 2.18. The van der Waals surface area contributed by atoms with Crippen molar-refractivity contribution in [3.63, 3.8) is 0 Å². The monoisotopic (exact) mass is 186 g/mol. The number of esters is 1. The normalized spacial score (nSPS) is 34.2. The van der Waals surface area contributed by atoms with Crippen molar-refractivity contribution < 1.29 is 14.3 Å². The van der Waals surface area contributed by atoms with Gasteiger partial charge in [-0.25, -0.2) is 4.79 Å². The summed E-state index contributed by atoms with van der Waals surface area (Å²) in [6.45, 7) is 2.21. The Kier molecular flexibility index (Phi) is 3.31. The molecule has 0 N–H and O–H groups in total. The second-order valence-electron chi connectivity index (χ2n) is 3.87. The quantitative estimate of drug-likeness (QED) is 0.616. The zero-order chi connectivity index (χ0) is 9.90. The molecular formula is C10H18O3. The molecule has 0 aromatic rings. The summed E-state index contributed by atoms with van der Waals surface area (Å²) in [4.78, 5) is 11.5. The summed E-state index contributed by atoms with van der Waals surface area (Å²) >= 11 is 0. The van der Waals surface area contributed by atoms with Crippen molar-refractivity contribution in [2.24, 2.45) is 5.92 Å². The van der Waals surface area contributed by atoms with Crippen LogP contribution in [0.5, 0.6) is 0 Å². The summed E-state index contributed by atoms with van der Waals surface area (Å²) < 4.78 is 10.1. The molecule has 1 saturated carbocycles. The molecule has 0 radical (unpaired) electrons. The van der Waals surface area contributed by atoms with Crippen LogP contribution in [0.1, 0.15) is 32.6 Å². The fraction of sp³-hybridized carbons (Fsp3) is 0.900. The molecule has 3 nitrogen and oxygen atoms in total. The maximum absolute atomic E-state index is 11.5. The fourth-order valence-corrected chi connectivity index (χ4v) is 1.91. The van der Waals surface area contributed by atoms with E-state index in [0.29, 0.717) is 5.92 Å². The van der Waals surface area contributed by atoms with Gasteiger partial charge in [0, 0.05) is 7.11 Å². The molecule has 0 spiro atoms. The Labute approximate surface area is 79.4 Å². The summed E-state index contributed by atoms with van der Waals surface area (Å²) in [5, 5.41) is 0. The highest BCUT2D eigenvalue weighted by molar-refractivity contribution is 5.79. The third-order valence-electron chi connectivity index (χ3n) is 3.03. The van der Waals surface area contributed by atoms with Crippen LogP contribution in [0.25, 0.3) is 0 Å². The molecule has 1 fully saturated rings. The molecule has 0 atom stereocenters. The molecule has 3 heteroatoms. The third-order valence-corrected chi connectivity index (χ3v) is 3.03. The smallest absolute Gasteiger partial charge is 0.338 e. The summed E-state index contributed by atoms with van der Waals surface area (Å²) in [6, 6.07) is 0. The zero-order valence-electron chi connectivity index (χ0n) is 8.63. The molecule has 0 bridgehead atoms. The molecule has 0 unspecified atom stereocenters. The van der Waals surface area contributed by atoms with Crippen molar-refractivity contribution in [2.45, 2.75) is 38.2 Å². The molecule has 0 aromatic heterocycles. The minimum Gasteiger partial charge on any atom is -0.467 e. The maximum atomic E-state index is 11.5. The van der Waals surface area contributed by atoms with E-state index in [4.69, 9.17) is 9.47 Å². The van der Waals surface area contributed by atoms with Crippen LogP contribution in [0.15, 0.2) is 0 Å². The topological polar surface area (TPSA) is 35.5 Å². The Bertz CT molecular complexity index is 181. The van der Waals surface area contributed by atoms with Gasteiger partial charge in [0.2, 0.25) is 0 Å². The summed E-state index contributed by atoms with van der Waals surface area (Å²) in [5.41, 5.74) is -0.652. The number of rotatable bonds is 2. The lowest BCUT2D eigenvalue weighted by atomic mass is 9.79. The van der Waals surface area contributed by atoms with E-state index in [1.165, 1.54) is 7.11 Å². The Morgan fingerprint density at radius 1 is 1.31 bits per heavy atom. The van der Waals surface area contributed by atoms with Gasteiger partial charge in [-0.1, -0.05) is 6.92 Å². The van der Waals surface area contributed by atoms with Gasteiger partial charge >= 0.3 is 5.97 Å². The van der Waals surface area contributed by atoms with Gasteiger partial charge in [-0.15, -0.1) is 0 Å². The van der Waals surface area contributed by atoms with Crippen molar-refractivity contribution in [3.8, 4) is 0 Å². The first kappa shape index (κ1) is 10.5. The highest BCUT2D eigenvalue weighted by atomic mass is 16.6. The highest BCUT2D eigenvalue weighted by Crippen LogP contribution is 2.35. The molecule has 76 valence electrons. The van der Waals surface area contributed by atoms with Crippen molar-refractivity contribution in [2.75, 3.05) is 14.2 Å².